The van der Waals surface area contributed by atoms with Crippen LogP contribution in [0, 0.1) is 23.2 Å². The number of aliphatic hydroxyl groups excluding tert-OH is 1. The molecule has 5 aliphatic rings. The van der Waals surface area contributed by atoms with Crippen LogP contribution in [0.2, 0.25) is 0 Å². The highest BCUT2D eigenvalue weighted by Gasteiger charge is 2.50. The van der Waals surface area contributed by atoms with Gasteiger partial charge in [-0.2, -0.15) is 0 Å². The van der Waals surface area contributed by atoms with E-state index in [0.29, 0.717) is 11.5 Å². The van der Waals surface area contributed by atoms with Crippen molar-refractivity contribution in [2.45, 2.75) is 82.8 Å². The molecule has 120 valence electrons. The van der Waals surface area contributed by atoms with Crippen LogP contribution < -0.4 is 0 Å². The van der Waals surface area contributed by atoms with Crippen molar-refractivity contribution in [3.8, 4) is 0 Å². The van der Waals surface area contributed by atoms with E-state index >= 15 is 0 Å². The summed E-state index contributed by atoms with van der Waals surface area (Å²) >= 11 is 0. The summed E-state index contributed by atoms with van der Waals surface area (Å²) < 4.78 is 0. The van der Waals surface area contributed by atoms with Crippen LogP contribution in [0.25, 0.3) is 0 Å². The van der Waals surface area contributed by atoms with E-state index in [1.165, 1.54) is 51.5 Å². The number of nitrogens with zero attached hydrogens (tertiary/aromatic N) is 1. The van der Waals surface area contributed by atoms with Gasteiger partial charge in [0.25, 0.3) is 0 Å². The summed E-state index contributed by atoms with van der Waals surface area (Å²) in [5.41, 5.74) is 0.697. The van der Waals surface area contributed by atoms with Gasteiger partial charge in [-0.1, -0.05) is 12.8 Å². The van der Waals surface area contributed by atoms with Crippen LogP contribution in [0.4, 0.5) is 0 Å². The van der Waals surface area contributed by atoms with Gasteiger partial charge in [-0.25, -0.2) is 0 Å². The highest BCUT2D eigenvalue weighted by Crippen LogP contribution is 2.61. The van der Waals surface area contributed by atoms with Gasteiger partial charge in [-0.15, -0.1) is 0 Å². The van der Waals surface area contributed by atoms with Crippen molar-refractivity contribution in [1.29, 1.82) is 0 Å². The topological polar surface area (TPSA) is 23.5 Å². The molecule has 0 aromatic rings. The number of likely N-dealkylation sites (N-methyl/N-ethyl adjacent to an activating group) is 1. The minimum Gasteiger partial charge on any atom is -0.391 e. The van der Waals surface area contributed by atoms with Crippen LogP contribution in [0.15, 0.2) is 0 Å². The molecule has 0 saturated heterocycles. The predicted molar refractivity (Wildman–Crippen MR) is 86.1 cm³/mol. The maximum Gasteiger partial charge on any atom is 0.0695 e. The van der Waals surface area contributed by atoms with Gasteiger partial charge in [0.2, 0.25) is 0 Å². The Hall–Kier alpha value is -0.0800. The lowest BCUT2D eigenvalue weighted by Gasteiger charge is -2.57. The Labute approximate surface area is 130 Å². The first-order valence-electron chi connectivity index (χ1n) is 9.52. The molecule has 5 rings (SSSR count). The Morgan fingerprint density at radius 3 is 2.10 bits per heavy atom. The van der Waals surface area contributed by atoms with Gasteiger partial charge in [0.15, 0.2) is 0 Å². The summed E-state index contributed by atoms with van der Waals surface area (Å²) in [6, 6.07) is 0.438. The Bertz CT molecular complexity index is 344. The Kier molecular flexibility index (Phi) is 3.82. The summed E-state index contributed by atoms with van der Waals surface area (Å²) in [5.74, 6) is 3.21. The third-order valence-electron chi connectivity index (χ3n) is 7.42. The molecule has 21 heavy (non-hydrogen) atoms. The van der Waals surface area contributed by atoms with Gasteiger partial charge in [0.05, 0.1) is 6.10 Å². The first kappa shape index (κ1) is 14.5. The van der Waals surface area contributed by atoms with Crippen LogP contribution >= 0.6 is 0 Å². The summed E-state index contributed by atoms with van der Waals surface area (Å²) in [6.07, 6.45) is 15.3. The summed E-state index contributed by atoms with van der Waals surface area (Å²) in [5, 5.41) is 10.3. The smallest absolute Gasteiger partial charge is 0.0695 e. The van der Waals surface area contributed by atoms with Gasteiger partial charge >= 0.3 is 0 Å². The molecule has 0 amide bonds. The van der Waals surface area contributed by atoms with Gasteiger partial charge in [0.1, 0.15) is 0 Å². The second-order valence-electron chi connectivity index (χ2n) is 9.07. The van der Waals surface area contributed by atoms with E-state index in [9.17, 15) is 5.11 Å². The van der Waals surface area contributed by atoms with Crippen LogP contribution in [0.5, 0.6) is 0 Å². The van der Waals surface area contributed by atoms with Crippen molar-refractivity contribution in [3.05, 3.63) is 0 Å². The van der Waals surface area contributed by atoms with Crippen molar-refractivity contribution in [1.82, 2.24) is 4.90 Å². The van der Waals surface area contributed by atoms with Crippen LogP contribution in [-0.4, -0.2) is 35.7 Å². The van der Waals surface area contributed by atoms with Gasteiger partial charge in [-0.3, -0.25) is 0 Å². The summed E-state index contributed by atoms with van der Waals surface area (Å²) in [6.45, 7) is 1.22. The molecule has 0 aromatic carbocycles. The lowest BCUT2D eigenvalue weighted by Crippen LogP contribution is -2.49. The molecular weight excluding hydrogens is 258 g/mol. The van der Waals surface area contributed by atoms with E-state index in [2.05, 4.69) is 11.9 Å². The number of aliphatic hydroxyl groups is 1. The highest BCUT2D eigenvalue weighted by molar-refractivity contribution is 5.01. The van der Waals surface area contributed by atoms with Gasteiger partial charge in [-0.05, 0) is 94.5 Å². The fourth-order valence-electron chi connectivity index (χ4n) is 6.78. The van der Waals surface area contributed by atoms with Crippen molar-refractivity contribution >= 4 is 0 Å². The van der Waals surface area contributed by atoms with Gasteiger partial charge < -0.3 is 10.0 Å². The minimum absolute atomic E-state index is 0.0693. The molecule has 0 radical (unpaired) electrons. The zero-order valence-electron chi connectivity index (χ0n) is 13.8. The van der Waals surface area contributed by atoms with Crippen molar-refractivity contribution < 1.29 is 5.11 Å². The molecular formula is C19H33NO. The Morgan fingerprint density at radius 1 is 0.952 bits per heavy atom. The molecule has 5 saturated carbocycles. The molecule has 4 bridgehead atoms. The minimum atomic E-state index is -0.0693. The van der Waals surface area contributed by atoms with E-state index in [0.717, 1.165) is 24.2 Å². The first-order valence-corrected chi connectivity index (χ1v) is 9.52. The largest absolute Gasteiger partial charge is 0.391 e. The van der Waals surface area contributed by atoms with Crippen LogP contribution in [-0.2, 0) is 0 Å². The van der Waals surface area contributed by atoms with E-state index in [4.69, 9.17) is 0 Å². The molecule has 2 unspecified atom stereocenters. The Balaban J connectivity index is 1.36. The van der Waals surface area contributed by atoms with E-state index in [1.54, 1.807) is 19.3 Å². The third kappa shape index (κ3) is 2.79. The van der Waals surface area contributed by atoms with Gasteiger partial charge in [0, 0.05) is 6.04 Å². The maximum absolute atomic E-state index is 10.3. The summed E-state index contributed by atoms with van der Waals surface area (Å²) in [4.78, 5) is 2.50. The second-order valence-corrected chi connectivity index (χ2v) is 9.07. The molecule has 0 heterocycles. The number of rotatable bonds is 4. The molecule has 0 aliphatic heterocycles. The predicted octanol–water partition coefficient (Wildman–Crippen LogP) is 3.83. The second kappa shape index (κ2) is 5.53. The zero-order valence-corrected chi connectivity index (χ0v) is 13.8. The van der Waals surface area contributed by atoms with E-state index in [1.807, 2.05) is 0 Å². The fraction of sp³-hybridized carbons (Fsp3) is 1.00. The standard InChI is InChI=1S/C19H33NO/c1-20(17-4-2-3-5-18(17)21)7-6-19-11-14-8-15(12-19)10-16(9-14)13-19/h14-18,21H,2-13H2,1H3. The van der Waals surface area contributed by atoms with Crippen molar-refractivity contribution in [2.75, 3.05) is 13.6 Å². The monoisotopic (exact) mass is 291 g/mol. The quantitative estimate of drug-likeness (QED) is 0.851. The molecule has 2 heteroatoms. The highest BCUT2D eigenvalue weighted by atomic mass is 16.3. The normalized spacial score (nSPS) is 49.0. The molecule has 2 nitrogen and oxygen atoms in total. The lowest BCUT2D eigenvalue weighted by molar-refractivity contribution is -0.0648. The van der Waals surface area contributed by atoms with Crippen LogP contribution in [0.1, 0.15) is 70.6 Å². The lowest BCUT2D eigenvalue weighted by atomic mass is 9.49. The summed E-state index contributed by atoms with van der Waals surface area (Å²) in [7, 11) is 2.26. The van der Waals surface area contributed by atoms with Crippen molar-refractivity contribution in [3.63, 3.8) is 0 Å². The van der Waals surface area contributed by atoms with E-state index in [-0.39, 0.29) is 6.10 Å². The average Bonchev–Trinajstić information content (AvgIpc) is 2.44. The fourth-order valence-corrected chi connectivity index (χ4v) is 6.78. The maximum atomic E-state index is 10.3. The average molecular weight is 291 g/mol. The molecule has 2 atom stereocenters. The SMILES string of the molecule is CN(CCC12CC3CC(CC(C3)C1)C2)C1CCCCC1O. The van der Waals surface area contributed by atoms with E-state index < -0.39 is 0 Å². The first-order chi connectivity index (χ1) is 10.1. The molecule has 5 aliphatic carbocycles. The third-order valence-corrected chi connectivity index (χ3v) is 7.42. The zero-order chi connectivity index (χ0) is 14.4. The molecule has 1 N–H and O–H groups in total. The van der Waals surface area contributed by atoms with Crippen molar-refractivity contribution in [2.24, 2.45) is 23.2 Å². The molecule has 5 fully saturated rings. The number of hydrogen-bond acceptors (Lipinski definition) is 2. The molecule has 0 aromatic heterocycles. The number of hydrogen-bond donors (Lipinski definition) is 1. The molecule has 0 spiro atoms. The van der Waals surface area contributed by atoms with Crippen LogP contribution in [0.3, 0.4) is 0 Å². The Morgan fingerprint density at radius 2 is 1.52 bits per heavy atom.